The van der Waals surface area contributed by atoms with E-state index in [1.807, 2.05) is 6.92 Å². The lowest BCUT2D eigenvalue weighted by molar-refractivity contribution is -0.115. The maximum absolute atomic E-state index is 12.2. The van der Waals surface area contributed by atoms with E-state index in [1.54, 1.807) is 12.1 Å². The van der Waals surface area contributed by atoms with Gasteiger partial charge in [-0.05, 0) is 18.6 Å². The van der Waals surface area contributed by atoms with Gasteiger partial charge in [-0.15, -0.1) is 0 Å². The van der Waals surface area contributed by atoms with Crippen LogP contribution in [-0.2, 0) is 4.79 Å². The SMILES string of the molecule is CC[C@@H](Sc1nc(N)cc(=O)[nH]1)C(=O)Nc1ccc(Cl)cn1. The average Bonchev–Trinajstić information content (AvgIpc) is 2.46. The van der Waals surface area contributed by atoms with E-state index in [2.05, 4.69) is 20.3 Å². The van der Waals surface area contributed by atoms with E-state index in [0.717, 1.165) is 11.8 Å². The molecule has 0 bridgehead atoms. The highest BCUT2D eigenvalue weighted by Gasteiger charge is 2.20. The summed E-state index contributed by atoms with van der Waals surface area (Å²) in [6.07, 6.45) is 1.99. The Morgan fingerprint density at radius 3 is 2.91 bits per heavy atom. The average molecular weight is 340 g/mol. The van der Waals surface area contributed by atoms with Crippen LogP contribution in [0.1, 0.15) is 13.3 Å². The van der Waals surface area contributed by atoms with Crippen LogP contribution in [0.5, 0.6) is 0 Å². The van der Waals surface area contributed by atoms with Crippen molar-refractivity contribution in [3.05, 3.63) is 39.8 Å². The Morgan fingerprint density at radius 2 is 2.32 bits per heavy atom. The molecule has 4 N–H and O–H groups in total. The monoisotopic (exact) mass is 339 g/mol. The summed E-state index contributed by atoms with van der Waals surface area (Å²) in [5, 5.41) is 3.04. The first kappa shape index (κ1) is 16.3. The van der Waals surface area contributed by atoms with Crippen molar-refractivity contribution in [2.45, 2.75) is 23.8 Å². The van der Waals surface area contributed by atoms with Crippen LogP contribution in [0.15, 0.2) is 34.3 Å². The van der Waals surface area contributed by atoms with Crippen LogP contribution in [0.4, 0.5) is 11.6 Å². The van der Waals surface area contributed by atoms with E-state index < -0.39 is 5.25 Å². The maximum Gasteiger partial charge on any atom is 0.253 e. The number of pyridine rings is 1. The van der Waals surface area contributed by atoms with Gasteiger partial charge in [0.2, 0.25) is 5.91 Å². The Labute approximate surface area is 135 Å². The second-order valence-corrected chi connectivity index (χ2v) is 5.97. The van der Waals surface area contributed by atoms with Gasteiger partial charge in [0.25, 0.3) is 5.56 Å². The van der Waals surface area contributed by atoms with Crippen molar-refractivity contribution in [3.63, 3.8) is 0 Å². The van der Waals surface area contributed by atoms with E-state index in [9.17, 15) is 9.59 Å². The third-order valence-electron chi connectivity index (χ3n) is 2.64. The molecule has 9 heteroatoms. The molecule has 2 aromatic rings. The zero-order chi connectivity index (χ0) is 16.1. The number of aromatic amines is 1. The van der Waals surface area contributed by atoms with Crippen LogP contribution in [0.25, 0.3) is 0 Å². The number of carbonyl (C=O) groups is 1. The number of hydrogen-bond donors (Lipinski definition) is 3. The van der Waals surface area contributed by atoms with Gasteiger partial charge in [-0.1, -0.05) is 30.3 Å². The zero-order valence-electron chi connectivity index (χ0n) is 11.7. The van der Waals surface area contributed by atoms with Crippen molar-refractivity contribution >= 4 is 40.9 Å². The number of rotatable bonds is 5. The molecule has 2 aromatic heterocycles. The fraction of sp³-hybridized carbons (Fsp3) is 0.231. The van der Waals surface area contributed by atoms with Gasteiger partial charge in [0.15, 0.2) is 5.16 Å². The number of amides is 1. The second-order valence-electron chi connectivity index (χ2n) is 4.34. The number of nitrogens with two attached hydrogens (primary N) is 1. The number of carbonyl (C=O) groups excluding carboxylic acids is 1. The molecule has 1 atom stereocenters. The minimum Gasteiger partial charge on any atom is -0.383 e. The van der Waals surface area contributed by atoms with E-state index >= 15 is 0 Å². The number of thioether (sulfide) groups is 1. The number of H-pyrrole nitrogens is 1. The molecular formula is C13H14ClN5O2S. The summed E-state index contributed by atoms with van der Waals surface area (Å²) in [5.41, 5.74) is 5.17. The molecule has 0 aliphatic heterocycles. The summed E-state index contributed by atoms with van der Waals surface area (Å²) < 4.78 is 0. The van der Waals surface area contributed by atoms with Crippen molar-refractivity contribution in [1.82, 2.24) is 15.0 Å². The van der Waals surface area contributed by atoms with Crippen LogP contribution in [0.2, 0.25) is 5.02 Å². The third-order valence-corrected chi connectivity index (χ3v) is 4.11. The number of anilines is 2. The predicted octanol–water partition coefficient (Wildman–Crippen LogP) is 1.91. The lowest BCUT2D eigenvalue weighted by atomic mass is 10.3. The molecule has 0 aliphatic rings. The summed E-state index contributed by atoms with van der Waals surface area (Å²) in [6, 6.07) is 4.43. The Balaban J connectivity index is 2.08. The van der Waals surface area contributed by atoms with E-state index in [1.165, 1.54) is 12.3 Å². The molecule has 0 saturated carbocycles. The molecule has 1 amide bonds. The first-order chi connectivity index (χ1) is 10.5. The molecule has 2 heterocycles. The standard InChI is InChI=1S/C13H14ClN5O2S/c1-2-8(22-13-17-9(15)5-11(20)19-13)12(21)18-10-4-3-7(14)6-16-10/h3-6,8H,2H2,1H3,(H,16,18,21)(H3,15,17,19,20)/t8-/m1/s1. The summed E-state index contributed by atoms with van der Waals surface area (Å²) in [4.78, 5) is 34.1. The number of aromatic nitrogens is 3. The number of hydrogen-bond acceptors (Lipinski definition) is 6. The number of nitrogen functional groups attached to an aromatic ring is 1. The van der Waals surface area contributed by atoms with Crippen LogP contribution < -0.4 is 16.6 Å². The smallest absolute Gasteiger partial charge is 0.253 e. The summed E-state index contributed by atoms with van der Waals surface area (Å²) in [5.74, 6) is 0.274. The molecule has 0 aliphatic carbocycles. The molecule has 0 fully saturated rings. The molecule has 22 heavy (non-hydrogen) atoms. The van der Waals surface area contributed by atoms with Crippen LogP contribution >= 0.6 is 23.4 Å². The number of nitrogens with zero attached hydrogens (tertiary/aromatic N) is 2. The van der Waals surface area contributed by atoms with Crippen molar-refractivity contribution in [1.29, 1.82) is 0 Å². The highest BCUT2D eigenvalue weighted by atomic mass is 35.5. The van der Waals surface area contributed by atoms with Gasteiger partial charge in [-0.3, -0.25) is 9.59 Å². The van der Waals surface area contributed by atoms with Gasteiger partial charge in [0.05, 0.1) is 10.3 Å². The zero-order valence-corrected chi connectivity index (χ0v) is 13.2. The van der Waals surface area contributed by atoms with E-state index in [-0.39, 0.29) is 17.3 Å². The molecule has 0 unspecified atom stereocenters. The molecule has 0 aromatic carbocycles. The summed E-state index contributed by atoms with van der Waals surface area (Å²) in [7, 11) is 0. The molecule has 0 saturated heterocycles. The van der Waals surface area contributed by atoms with Crippen molar-refractivity contribution < 1.29 is 4.79 Å². The van der Waals surface area contributed by atoms with Gasteiger partial charge in [-0.2, -0.15) is 0 Å². The molecule has 0 radical (unpaired) electrons. The molecular weight excluding hydrogens is 326 g/mol. The normalized spacial score (nSPS) is 11.9. The quantitative estimate of drug-likeness (QED) is 0.566. The first-order valence-electron chi connectivity index (χ1n) is 6.44. The van der Waals surface area contributed by atoms with Crippen molar-refractivity contribution in [3.8, 4) is 0 Å². The highest BCUT2D eigenvalue weighted by molar-refractivity contribution is 8.00. The maximum atomic E-state index is 12.2. The largest absolute Gasteiger partial charge is 0.383 e. The van der Waals surface area contributed by atoms with Crippen LogP contribution in [0, 0.1) is 0 Å². The topological polar surface area (TPSA) is 114 Å². The number of nitrogens with one attached hydrogen (secondary N) is 2. The molecule has 2 rings (SSSR count). The van der Waals surface area contributed by atoms with Crippen molar-refractivity contribution in [2.24, 2.45) is 0 Å². The Bertz CT molecular complexity index is 719. The van der Waals surface area contributed by atoms with Gasteiger partial charge in [0.1, 0.15) is 11.6 Å². The van der Waals surface area contributed by atoms with Crippen molar-refractivity contribution in [2.75, 3.05) is 11.1 Å². The van der Waals surface area contributed by atoms with Crippen LogP contribution in [-0.4, -0.2) is 26.1 Å². The first-order valence-corrected chi connectivity index (χ1v) is 7.69. The Morgan fingerprint density at radius 1 is 1.55 bits per heavy atom. The predicted molar refractivity (Wildman–Crippen MR) is 87.1 cm³/mol. The Hall–Kier alpha value is -2.06. The van der Waals surface area contributed by atoms with Gasteiger partial charge < -0.3 is 16.0 Å². The second kappa shape index (κ2) is 7.28. The highest BCUT2D eigenvalue weighted by Crippen LogP contribution is 2.23. The lowest BCUT2D eigenvalue weighted by Crippen LogP contribution is -2.25. The minimum absolute atomic E-state index is 0.112. The third kappa shape index (κ3) is 4.47. The summed E-state index contributed by atoms with van der Waals surface area (Å²) >= 11 is 6.88. The van der Waals surface area contributed by atoms with Gasteiger partial charge >= 0.3 is 0 Å². The van der Waals surface area contributed by atoms with Crippen LogP contribution in [0.3, 0.4) is 0 Å². The Kier molecular flexibility index (Phi) is 5.40. The lowest BCUT2D eigenvalue weighted by Gasteiger charge is -2.13. The molecule has 116 valence electrons. The fourth-order valence-corrected chi connectivity index (χ4v) is 2.65. The fourth-order valence-electron chi connectivity index (χ4n) is 1.62. The molecule has 7 nitrogen and oxygen atoms in total. The van der Waals surface area contributed by atoms with Gasteiger partial charge in [0, 0.05) is 12.3 Å². The van der Waals surface area contributed by atoms with E-state index in [4.69, 9.17) is 17.3 Å². The van der Waals surface area contributed by atoms with E-state index in [0.29, 0.717) is 22.4 Å². The molecule has 0 spiro atoms. The minimum atomic E-state index is -0.442. The number of halogens is 1. The van der Waals surface area contributed by atoms with Gasteiger partial charge in [-0.25, -0.2) is 9.97 Å². The summed E-state index contributed by atoms with van der Waals surface area (Å²) in [6.45, 7) is 1.86.